The number of rotatable bonds is 44. The van der Waals surface area contributed by atoms with Crippen molar-refractivity contribution in [1.82, 2.24) is 0 Å². The molecule has 0 heterocycles. The average Bonchev–Trinajstić information content (AvgIpc) is 3.19. The van der Waals surface area contributed by atoms with Crippen LogP contribution in [0, 0.1) is 10.8 Å². The molecule has 0 N–H and O–H groups in total. The molecule has 0 aliphatic heterocycles. The molecule has 0 saturated heterocycles. The largest absolute Gasteiger partial charge is 0.379 e. The summed E-state index contributed by atoms with van der Waals surface area (Å²) < 4.78 is 53.0. The summed E-state index contributed by atoms with van der Waals surface area (Å²) in [7, 11) is 0. The van der Waals surface area contributed by atoms with E-state index in [1.54, 1.807) is 0 Å². The summed E-state index contributed by atoms with van der Waals surface area (Å²) in [6.45, 7) is 16.1. The Morgan fingerprint density at radius 1 is 0.246 bits per heavy atom. The first-order chi connectivity index (χ1) is 30.3. The lowest BCUT2D eigenvalue weighted by Gasteiger charge is -2.23. The van der Waals surface area contributed by atoms with E-state index < -0.39 is 57.1 Å². The van der Waals surface area contributed by atoms with E-state index in [0.29, 0.717) is 105 Å². The van der Waals surface area contributed by atoms with Crippen LogP contribution in [0.5, 0.6) is 0 Å². The molecular weight excluding hydrogens is 860 g/mol. The molecule has 0 amide bonds. The van der Waals surface area contributed by atoms with Crippen LogP contribution in [0.3, 0.4) is 0 Å². The van der Waals surface area contributed by atoms with Gasteiger partial charge in [-0.3, -0.25) is 47.9 Å². The van der Waals surface area contributed by atoms with Crippen molar-refractivity contribution in [1.29, 1.82) is 0 Å². The summed E-state index contributed by atoms with van der Waals surface area (Å²) in [6, 6.07) is 0. The Hall–Kier alpha value is -3.70. The van der Waals surface area contributed by atoms with Gasteiger partial charge in [-0.25, -0.2) is 0 Å². The van der Waals surface area contributed by atoms with Crippen molar-refractivity contribution in [2.24, 2.45) is 10.8 Å². The van der Waals surface area contributed by atoms with Crippen LogP contribution in [0.15, 0.2) is 0 Å². The molecule has 0 bridgehead atoms. The van der Waals surface area contributed by atoms with Crippen molar-refractivity contribution < 1.29 is 95.3 Å². The number of ketones is 10. The van der Waals surface area contributed by atoms with Crippen molar-refractivity contribution in [3.63, 3.8) is 0 Å². The van der Waals surface area contributed by atoms with Gasteiger partial charge in [-0.15, -0.1) is 0 Å². The number of ether oxygens (including phenoxy) is 10. The molecule has 0 fully saturated rings. The molecular formula is C45H76O20. The Morgan fingerprint density at radius 3 is 0.523 bits per heavy atom. The van der Waals surface area contributed by atoms with Gasteiger partial charge >= 0.3 is 0 Å². The van der Waals surface area contributed by atoms with Gasteiger partial charge in [-0.05, 0) is 55.4 Å². The molecule has 0 aromatic rings. The quantitative estimate of drug-likeness (QED) is 0.0626. The average molecular weight is 937 g/mol. The van der Waals surface area contributed by atoms with Crippen LogP contribution in [-0.4, -0.2) is 190 Å². The number of hydrogen-bond donors (Lipinski definition) is 0. The summed E-state index contributed by atoms with van der Waals surface area (Å²) in [5.41, 5.74) is -4.44. The van der Waals surface area contributed by atoms with Crippen LogP contribution in [0.4, 0.5) is 0 Å². The molecule has 376 valence electrons. The molecule has 0 spiro atoms. The fraction of sp³-hybridized carbons (Fsp3) is 0.778. The van der Waals surface area contributed by atoms with Crippen molar-refractivity contribution in [3.05, 3.63) is 0 Å². The lowest BCUT2D eigenvalue weighted by molar-refractivity contribution is -0.156. The van der Waals surface area contributed by atoms with Crippen molar-refractivity contribution in [2.75, 3.05) is 132 Å². The Kier molecular flexibility index (Phi) is 40.9. The van der Waals surface area contributed by atoms with E-state index in [-0.39, 0.29) is 71.5 Å². The van der Waals surface area contributed by atoms with E-state index in [2.05, 4.69) is 0 Å². The lowest BCUT2D eigenvalue weighted by Crippen LogP contribution is -2.50. The van der Waals surface area contributed by atoms with Gasteiger partial charge in [0.05, 0.1) is 132 Å². The highest BCUT2D eigenvalue weighted by molar-refractivity contribution is 6.38. The number of hydrogen-bond acceptors (Lipinski definition) is 20. The first-order valence-corrected chi connectivity index (χ1v) is 21.2. The number of Topliss-reactive ketones (excluding diaryl/α,β-unsaturated/α-hetero) is 10. The molecule has 65 heavy (non-hydrogen) atoms. The molecule has 0 atom stereocenters. The number of carbonyl (C=O) groups excluding carboxylic acids is 10. The highest BCUT2D eigenvalue weighted by atomic mass is 16.6. The fourth-order valence-corrected chi connectivity index (χ4v) is 5.77. The Morgan fingerprint density at radius 2 is 0.385 bits per heavy atom. The van der Waals surface area contributed by atoms with E-state index in [1.165, 1.54) is 13.8 Å². The van der Waals surface area contributed by atoms with Crippen molar-refractivity contribution in [3.8, 4) is 0 Å². The maximum Gasteiger partial charge on any atom is 0.202 e. The van der Waals surface area contributed by atoms with E-state index in [4.69, 9.17) is 47.4 Å². The van der Waals surface area contributed by atoms with Crippen LogP contribution < -0.4 is 0 Å². The highest BCUT2D eigenvalue weighted by Gasteiger charge is 2.52. The Bertz CT molecular complexity index is 1260. The van der Waals surface area contributed by atoms with Crippen LogP contribution >= 0.6 is 0 Å². The van der Waals surface area contributed by atoms with Gasteiger partial charge in [0.15, 0.2) is 46.3 Å². The summed E-state index contributed by atoms with van der Waals surface area (Å²) in [6.07, 6.45) is 0.381. The normalized spacial score (nSPS) is 11.2. The molecule has 0 rings (SSSR count). The molecule has 0 aromatic carbocycles. The van der Waals surface area contributed by atoms with Gasteiger partial charge in [-0.2, -0.15) is 0 Å². The second-order valence-corrected chi connectivity index (χ2v) is 14.2. The van der Waals surface area contributed by atoms with E-state index in [1.807, 2.05) is 0 Å². The Balaban J connectivity index is -0.00000116. The third-order valence-corrected chi connectivity index (χ3v) is 9.12. The van der Waals surface area contributed by atoms with Gasteiger partial charge in [0.2, 0.25) is 10.8 Å². The Labute approximate surface area is 384 Å². The summed E-state index contributed by atoms with van der Waals surface area (Å²) in [4.78, 5) is 117. The smallest absolute Gasteiger partial charge is 0.202 e. The third kappa shape index (κ3) is 28.8. The van der Waals surface area contributed by atoms with Crippen LogP contribution in [0.25, 0.3) is 0 Å². The van der Waals surface area contributed by atoms with Gasteiger partial charge < -0.3 is 47.4 Å². The van der Waals surface area contributed by atoms with Gasteiger partial charge in [0.1, 0.15) is 11.6 Å². The molecule has 0 radical (unpaired) electrons. The summed E-state index contributed by atoms with van der Waals surface area (Å²) in [5, 5.41) is 0. The lowest BCUT2D eigenvalue weighted by atomic mass is 9.72. The zero-order chi connectivity index (χ0) is 48.8. The zero-order valence-corrected chi connectivity index (χ0v) is 39.1. The molecule has 0 saturated carbocycles. The van der Waals surface area contributed by atoms with E-state index in [0.717, 1.165) is 41.5 Å². The molecule has 0 unspecified atom stereocenters. The van der Waals surface area contributed by atoms with Gasteiger partial charge in [-0.1, -0.05) is 7.43 Å². The van der Waals surface area contributed by atoms with Crippen LogP contribution in [0.1, 0.15) is 88.5 Å². The first kappa shape index (κ1) is 65.6. The van der Waals surface area contributed by atoms with Crippen LogP contribution in [-0.2, 0) is 95.3 Å². The summed E-state index contributed by atoms with van der Waals surface area (Å²) >= 11 is 0. The van der Waals surface area contributed by atoms with Crippen molar-refractivity contribution >= 4 is 57.8 Å². The SMILES string of the molecule is C.CC(=O)CCOCCOCCOCCOCCOCCC(=O)C(C(C)=O)(C(C)=O)C(C)=O.CC(=O)CCOCCOCCOCCOCCOCCC(=O)C(C(C)=O)(C(C)=O)C(C)=O. The second-order valence-electron chi connectivity index (χ2n) is 14.2. The molecule has 20 nitrogen and oxygen atoms in total. The third-order valence-electron chi connectivity index (χ3n) is 9.12. The minimum Gasteiger partial charge on any atom is -0.379 e. The summed E-state index contributed by atoms with van der Waals surface area (Å²) in [5.74, 6) is -5.92. The minimum absolute atomic E-state index is 0. The van der Waals surface area contributed by atoms with Gasteiger partial charge in [0, 0.05) is 25.7 Å². The molecule has 0 aliphatic carbocycles. The standard InChI is InChI=1S/2C22H36O10.CH4/c2*1-17(23)5-7-28-9-11-30-13-15-32-16-14-31-12-10-29-8-6-21(27)22(18(2)24,19(3)25)20(4)26;/h2*5-16H2,1-4H3;1H4. The predicted octanol–water partition coefficient (Wildman–Crippen LogP) is 2.16. The topological polar surface area (TPSA) is 263 Å². The second kappa shape index (κ2) is 40.6. The van der Waals surface area contributed by atoms with Crippen molar-refractivity contribution in [2.45, 2.75) is 88.5 Å². The maximum absolute atomic E-state index is 12.3. The van der Waals surface area contributed by atoms with E-state index >= 15 is 0 Å². The molecule has 0 aromatic heterocycles. The van der Waals surface area contributed by atoms with Gasteiger partial charge in [0.25, 0.3) is 0 Å². The fourth-order valence-electron chi connectivity index (χ4n) is 5.77. The molecule has 20 heteroatoms. The first-order valence-electron chi connectivity index (χ1n) is 21.2. The maximum atomic E-state index is 12.3. The number of carbonyl (C=O) groups is 10. The molecule has 0 aliphatic rings. The minimum atomic E-state index is -2.22. The highest BCUT2D eigenvalue weighted by Crippen LogP contribution is 2.26. The monoisotopic (exact) mass is 936 g/mol. The zero-order valence-electron chi connectivity index (χ0n) is 39.1. The van der Waals surface area contributed by atoms with E-state index in [9.17, 15) is 47.9 Å². The predicted molar refractivity (Wildman–Crippen MR) is 234 cm³/mol. The van der Waals surface area contributed by atoms with Crippen LogP contribution in [0.2, 0.25) is 0 Å².